The Balaban J connectivity index is 2.27. The number of aromatic hydroxyl groups is 1. The van der Waals surface area contributed by atoms with Crippen LogP contribution in [0.3, 0.4) is 0 Å². The molecule has 0 saturated carbocycles. The van der Waals surface area contributed by atoms with Crippen molar-refractivity contribution in [1.82, 2.24) is 15.1 Å². The van der Waals surface area contributed by atoms with Crippen LogP contribution in [-0.2, 0) is 4.74 Å². The molecule has 0 bridgehead atoms. The summed E-state index contributed by atoms with van der Waals surface area (Å²) in [5, 5.41) is 16.4. The SMILES string of the molecule is COCCCNC(=O)c1nn(-c2ccc(Br)cc2)c(=O)cc1O. The number of carbonyl (C=O) groups is 1. The smallest absolute Gasteiger partial charge is 0.275 e. The average Bonchev–Trinajstić information content (AvgIpc) is 2.52. The van der Waals surface area contributed by atoms with Gasteiger partial charge < -0.3 is 15.2 Å². The predicted molar refractivity (Wildman–Crippen MR) is 88.0 cm³/mol. The number of nitrogens with zero attached hydrogens (tertiary/aromatic N) is 2. The zero-order valence-electron chi connectivity index (χ0n) is 12.5. The number of nitrogens with one attached hydrogen (secondary N) is 1. The molecule has 1 aromatic heterocycles. The predicted octanol–water partition coefficient (Wildman–Crippen LogP) is 1.47. The van der Waals surface area contributed by atoms with Crippen LogP contribution in [0.15, 0.2) is 39.6 Å². The van der Waals surface area contributed by atoms with E-state index in [0.29, 0.717) is 25.3 Å². The molecule has 0 atom stereocenters. The number of carbonyl (C=O) groups excluding carboxylic acids is 1. The number of halogens is 1. The van der Waals surface area contributed by atoms with E-state index in [-0.39, 0.29) is 5.69 Å². The molecule has 7 nitrogen and oxygen atoms in total. The summed E-state index contributed by atoms with van der Waals surface area (Å²) in [7, 11) is 1.57. The summed E-state index contributed by atoms with van der Waals surface area (Å²) in [6, 6.07) is 7.83. The van der Waals surface area contributed by atoms with E-state index in [9.17, 15) is 14.7 Å². The number of ether oxygens (including phenoxy) is 1. The van der Waals surface area contributed by atoms with Crippen LogP contribution in [0.1, 0.15) is 16.9 Å². The van der Waals surface area contributed by atoms with E-state index in [1.807, 2.05) is 0 Å². The summed E-state index contributed by atoms with van der Waals surface area (Å²) in [6.07, 6.45) is 0.634. The Bertz CT molecular complexity index is 743. The van der Waals surface area contributed by atoms with Crippen LogP contribution in [0.2, 0.25) is 0 Å². The van der Waals surface area contributed by atoms with Crippen LogP contribution in [0.5, 0.6) is 5.75 Å². The lowest BCUT2D eigenvalue weighted by atomic mass is 10.3. The zero-order valence-corrected chi connectivity index (χ0v) is 14.0. The minimum absolute atomic E-state index is 0.204. The van der Waals surface area contributed by atoms with E-state index in [1.165, 1.54) is 0 Å². The highest BCUT2D eigenvalue weighted by Crippen LogP contribution is 2.15. The van der Waals surface area contributed by atoms with Crippen molar-refractivity contribution in [2.45, 2.75) is 6.42 Å². The Morgan fingerprint density at radius 3 is 2.74 bits per heavy atom. The van der Waals surface area contributed by atoms with Crippen LogP contribution < -0.4 is 10.9 Å². The highest BCUT2D eigenvalue weighted by molar-refractivity contribution is 9.10. The fourth-order valence-electron chi connectivity index (χ4n) is 1.88. The van der Waals surface area contributed by atoms with Gasteiger partial charge in [-0.1, -0.05) is 15.9 Å². The summed E-state index contributed by atoms with van der Waals surface area (Å²) in [4.78, 5) is 24.1. The van der Waals surface area contributed by atoms with Crippen molar-refractivity contribution in [3.8, 4) is 11.4 Å². The second-order valence-electron chi connectivity index (χ2n) is 4.71. The van der Waals surface area contributed by atoms with Crippen molar-refractivity contribution >= 4 is 21.8 Å². The van der Waals surface area contributed by atoms with Crippen molar-refractivity contribution in [3.05, 3.63) is 50.9 Å². The summed E-state index contributed by atoms with van der Waals surface area (Å²) in [5.41, 5.74) is -0.239. The molecule has 1 heterocycles. The maximum absolute atomic E-state index is 12.1. The van der Waals surface area contributed by atoms with E-state index in [4.69, 9.17) is 4.74 Å². The van der Waals surface area contributed by atoms with E-state index in [0.717, 1.165) is 15.2 Å². The van der Waals surface area contributed by atoms with Gasteiger partial charge in [0.2, 0.25) is 0 Å². The maximum Gasteiger partial charge on any atom is 0.275 e. The number of hydrogen-bond donors (Lipinski definition) is 2. The van der Waals surface area contributed by atoms with Gasteiger partial charge in [0.05, 0.1) is 5.69 Å². The minimum Gasteiger partial charge on any atom is -0.505 e. The first-order chi connectivity index (χ1) is 11.0. The standard InChI is InChI=1S/C15H16BrN3O4/c1-23-8-2-7-17-15(22)14-12(20)9-13(21)19(18-14)11-5-3-10(16)4-6-11/h3-6,9,20H,2,7-8H2,1H3,(H,17,22). The number of amides is 1. The summed E-state index contributed by atoms with van der Waals surface area (Å²) >= 11 is 3.30. The molecule has 0 fully saturated rings. The molecule has 2 aromatic rings. The molecule has 0 aliphatic carbocycles. The Morgan fingerprint density at radius 1 is 1.39 bits per heavy atom. The van der Waals surface area contributed by atoms with E-state index < -0.39 is 17.2 Å². The molecular formula is C15H16BrN3O4. The fraction of sp³-hybridized carbons (Fsp3) is 0.267. The van der Waals surface area contributed by atoms with Gasteiger partial charge >= 0.3 is 0 Å². The van der Waals surface area contributed by atoms with Crippen LogP contribution >= 0.6 is 15.9 Å². The Hall–Kier alpha value is -2.19. The first-order valence-electron chi connectivity index (χ1n) is 6.89. The molecule has 2 N–H and O–H groups in total. The van der Waals surface area contributed by atoms with Gasteiger partial charge in [0.1, 0.15) is 0 Å². The van der Waals surface area contributed by atoms with Crippen LogP contribution in [0.25, 0.3) is 5.69 Å². The van der Waals surface area contributed by atoms with Gasteiger partial charge in [-0.2, -0.15) is 9.78 Å². The van der Waals surface area contributed by atoms with Gasteiger partial charge in [0.15, 0.2) is 11.4 Å². The molecule has 1 amide bonds. The molecule has 0 aliphatic heterocycles. The Kier molecular flexibility index (Phi) is 5.89. The van der Waals surface area contributed by atoms with Gasteiger partial charge in [-0.05, 0) is 30.7 Å². The lowest BCUT2D eigenvalue weighted by Crippen LogP contribution is -2.30. The van der Waals surface area contributed by atoms with Crippen LogP contribution in [0, 0.1) is 0 Å². The fourth-order valence-corrected chi connectivity index (χ4v) is 2.14. The number of aromatic nitrogens is 2. The molecule has 8 heteroatoms. The molecule has 0 spiro atoms. The third-order valence-corrected chi connectivity index (χ3v) is 3.54. The first kappa shape index (κ1) is 17.2. The number of rotatable bonds is 6. The van der Waals surface area contributed by atoms with Gasteiger partial charge in [-0.15, -0.1) is 0 Å². The quantitative estimate of drug-likeness (QED) is 0.738. The largest absolute Gasteiger partial charge is 0.505 e. The first-order valence-corrected chi connectivity index (χ1v) is 7.68. The third-order valence-electron chi connectivity index (χ3n) is 3.01. The molecule has 122 valence electrons. The van der Waals surface area contributed by atoms with Gasteiger partial charge in [-0.25, -0.2) is 0 Å². The second-order valence-corrected chi connectivity index (χ2v) is 5.62. The number of hydrogen-bond acceptors (Lipinski definition) is 5. The van der Waals surface area contributed by atoms with Gasteiger partial charge in [-0.3, -0.25) is 9.59 Å². The van der Waals surface area contributed by atoms with E-state index >= 15 is 0 Å². The van der Waals surface area contributed by atoms with E-state index in [2.05, 4.69) is 26.3 Å². The number of methoxy groups -OCH3 is 1. The highest BCUT2D eigenvalue weighted by atomic mass is 79.9. The van der Waals surface area contributed by atoms with Crippen molar-refractivity contribution in [3.63, 3.8) is 0 Å². The van der Waals surface area contributed by atoms with Crippen molar-refractivity contribution < 1.29 is 14.6 Å². The maximum atomic E-state index is 12.1. The van der Waals surface area contributed by atoms with Gasteiger partial charge in [0.25, 0.3) is 11.5 Å². The Labute approximate surface area is 141 Å². The van der Waals surface area contributed by atoms with E-state index in [1.54, 1.807) is 31.4 Å². The molecule has 2 rings (SSSR count). The summed E-state index contributed by atoms with van der Waals surface area (Å²) in [5.74, 6) is -1.00. The monoisotopic (exact) mass is 381 g/mol. The van der Waals surface area contributed by atoms with Crippen molar-refractivity contribution in [1.29, 1.82) is 0 Å². The van der Waals surface area contributed by atoms with Gasteiger partial charge in [0, 0.05) is 30.8 Å². The summed E-state index contributed by atoms with van der Waals surface area (Å²) < 4.78 is 6.81. The lowest BCUT2D eigenvalue weighted by molar-refractivity contribution is 0.0938. The molecule has 1 aromatic carbocycles. The van der Waals surface area contributed by atoms with Crippen LogP contribution in [0.4, 0.5) is 0 Å². The molecule has 0 unspecified atom stereocenters. The van der Waals surface area contributed by atoms with Crippen molar-refractivity contribution in [2.24, 2.45) is 0 Å². The molecule has 23 heavy (non-hydrogen) atoms. The lowest BCUT2D eigenvalue weighted by Gasteiger charge is -2.09. The summed E-state index contributed by atoms with van der Waals surface area (Å²) in [6.45, 7) is 0.892. The number of benzene rings is 1. The molecule has 0 radical (unpaired) electrons. The zero-order chi connectivity index (χ0) is 16.8. The highest BCUT2D eigenvalue weighted by Gasteiger charge is 2.16. The Morgan fingerprint density at radius 2 is 2.09 bits per heavy atom. The molecule has 0 saturated heterocycles. The third kappa shape index (κ3) is 4.40. The second kappa shape index (κ2) is 7.89. The van der Waals surface area contributed by atoms with Crippen molar-refractivity contribution in [2.75, 3.05) is 20.3 Å². The molecule has 0 aliphatic rings. The van der Waals surface area contributed by atoms with Crippen LogP contribution in [-0.4, -0.2) is 41.1 Å². The topological polar surface area (TPSA) is 93.5 Å². The normalized spacial score (nSPS) is 10.5. The average molecular weight is 382 g/mol. The minimum atomic E-state index is -0.551. The molecular weight excluding hydrogens is 366 g/mol.